The summed E-state index contributed by atoms with van der Waals surface area (Å²) in [4.78, 5) is 4.26. The fraction of sp³-hybridized carbons (Fsp3) is 0.727. The zero-order valence-electron chi connectivity index (χ0n) is 9.99. The van der Waals surface area contributed by atoms with Crippen molar-refractivity contribution >= 4 is 0 Å². The standard InChI is InChI=1S/C11H17N3O2/c1-4-11(3,15-5-2)10-13-9(16-14-10)7-6-8-12/h4-7H2,1-3H3. The third kappa shape index (κ3) is 2.80. The maximum Gasteiger partial charge on any atom is 0.227 e. The van der Waals surface area contributed by atoms with E-state index in [2.05, 4.69) is 10.1 Å². The maximum atomic E-state index is 8.46. The molecule has 0 saturated carbocycles. The van der Waals surface area contributed by atoms with Gasteiger partial charge in [0.1, 0.15) is 5.60 Å². The molecule has 0 aliphatic heterocycles. The SMILES string of the molecule is CCOC(C)(CC)c1noc(CCC#N)n1. The van der Waals surface area contributed by atoms with E-state index in [1.807, 2.05) is 26.8 Å². The lowest BCUT2D eigenvalue weighted by Gasteiger charge is -2.23. The van der Waals surface area contributed by atoms with E-state index in [1.54, 1.807) is 0 Å². The monoisotopic (exact) mass is 223 g/mol. The van der Waals surface area contributed by atoms with Gasteiger partial charge in [0, 0.05) is 19.4 Å². The van der Waals surface area contributed by atoms with Gasteiger partial charge in [0.05, 0.1) is 6.07 Å². The lowest BCUT2D eigenvalue weighted by molar-refractivity contribution is -0.0403. The summed E-state index contributed by atoms with van der Waals surface area (Å²) in [5, 5.41) is 12.4. The van der Waals surface area contributed by atoms with Crippen LogP contribution in [0, 0.1) is 11.3 Å². The van der Waals surface area contributed by atoms with Crippen LogP contribution in [0.25, 0.3) is 0 Å². The van der Waals surface area contributed by atoms with E-state index in [1.165, 1.54) is 0 Å². The largest absolute Gasteiger partial charge is 0.367 e. The molecule has 1 rings (SSSR count). The van der Waals surface area contributed by atoms with E-state index in [9.17, 15) is 0 Å². The van der Waals surface area contributed by atoms with Crippen LogP contribution in [0.3, 0.4) is 0 Å². The molecule has 0 N–H and O–H groups in total. The average Bonchev–Trinajstić information content (AvgIpc) is 2.75. The molecule has 0 aliphatic rings. The van der Waals surface area contributed by atoms with Gasteiger partial charge < -0.3 is 9.26 Å². The van der Waals surface area contributed by atoms with Crippen molar-refractivity contribution < 1.29 is 9.26 Å². The molecule has 0 spiro atoms. The van der Waals surface area contributed by atoms with Crippen LogP contribution in [0.15, 0.2) is 4.52 Å². The number of nitriles is 1. The van der Waals surface area contributed by atoms with E-state index in [0.717, 1.165) is 6.42 Å². The summed E-state index contributed by atoms with van der Waals surface area (Å²) < 4.78 is 10.7. The van der Waals surface area contributed by atoms with Crippen molar-refractivity contribution in [1.29, 1.82) is 5.26 Å². The molecule has 5 nitrogen and oxygen atoms in total. The predicted molar refractivity (Wildman–Crippen MR) is 57.5 cm³/mol. The van der Waals surface area contributed by atoms with Crippen LogP contribution < -0.4 is 0 Å². The van der Waals surface area contributed by atoms with Crippen LogP contribution >= 0.6 is 0 Å². The van der Waals surface area contributed by atoms with Crippen LogP contribution in [0.1, 0.15) is 45.3 Å². The molecule has 0 bridgehead atoms. The molecule has 1 aromatic rings. The van der Waals surface area contributed by atoms with E-state index in [4.69, 9.17) is 14.5 Å². The molecule has 1 atom stereocenters. The zero-order chi connectivity index (χ0) is 12.0. The molecule has 16 heavy (non-hydrogen) atoms. The first-order valence-electron chi connectivity index (χ1n) is 5.50. The van der Waals surface area contributed by atoms with Crippen LogP contribution in [-0.2, 0) is 16.8 Å². The normalized spacial score (nSPS) is 14.4. The highest BCUT2D eigenvalue weighted by Gasteiger charge is 2.30. The second kappa shape index (κ2) is 5.61. The van der Waals surface area contributed by atoms with Gasteiger partial charge in [-0.2, -0.15) is 10.2 Å². The Morgan fingerprint density at radius 1 is 1.50 bits per heavy atom. The van der Waals surface area contributed by atoms with Gasteiger partial charge in [-0.25, -0.2) is 0 Å². The Bertz CT molecular complexity index is 370. The van der Waals surface area contributed by atoms with Gasteiger partial charge in [0.15, 0.2) is 0 Å². The Kier molecular flexibility index (Phi) is 4.44. The zero-order valence-corrected chi connectivity index (χ0v) is 9.99. The highest BCUT2D eigenvalue weighted by atomic mass is 16.5. The molecule has 0 radical (unpaired) electrons. The summed E-state index contributed by atoms with van der Waals surface area (Å²) in [7, 11) is 0. The lowest BCUT2D eigenvalue weighted by atomic mass is 10.0. The van der Waals surface area contributed by atoms with E-state index in [-0.39, 0.29) is 0 Å². The number of nitrogens with zero attached hydrogens (tertiary/aromatic N) is 3. The van der Waals surface area contributed by atoms with Crippen molar-refractivity contribution in [2.24, 2.45) is 0 Å². The number of hydrogen-bond donors (Lipinski definition) is 0. The summed E-state index contributed by atoms with van der Waals surface area (Å²) in [5.41, 5.74) is -0.497. The van der Waals surface area contributed by atoms with Gasteiger partial charge in [-0.05, 0) is 20.3 Å². The highest BCUT2D eigenvalue weighted by molar-refractivity contribution is 4.99. The molecule has 0 amide bonds. The third-order valence-corrected chi connectivity index (χ3v) is 2.53. The Hall–Kier alpha value is -1.41. The first-order valence-corrected chi connectivity index (χ1v) is 5.50. The molecule has 1 heterocycles. The minimum Gasteiger partial charge on any atom is -0.367 e. The van der Waals surface area contributed by atoms with Crippen molar-refractivity contribution in [1.82, 2.24) is 10.1 Å². The molecule has 1 aromatic heterocycles. The first kappa shape index (κ1) is 12.7. The van der Waals surface area contributed by atoms with Gasteiger partial charge in [-0.15, -0.1) is 0 Å². The molecule has 0 aliphatic carbocycles. The molecule has 5 heteroatoms. The van der Waals surface area contributed by atoms with Gasteiger partial charge in [0.2, 0.25) is 11.7 Å². The molecule has 0 aromatic carbocycles. The number of aromatic nitrogens is 2. The second-order valence-electron chi connectivity index (χ2n) is 3.69. The molecule has 0 fully saturated rings. The fourth-order valence-electron chi connectivity index (χ4n) is 1.38. The second-order valence-corrected chi connectivity index (χ2v) is 3.69. The predicted octanol–water partition coefficient (Wildman–Crippen LogP) is 2.19. The summed E-state index contributed by atoms with van der Waals surface area (Å²) in [6.07, 6.45) is 1.66. The molecule has 0 saturated heterocycles. The number of ether oxygens (including phenoxy) is 1. The lowest BCUT2D eigenvalue weighted by Crippen LogP contribution is -2.26. The van der Waals surface area contributed by atoms with E-state index < -0.39 is 5.60 Å². The Balaban J connectivity index is 2.79. The minimum absolute atomic E-state index is 0.388. The van der Waals surface area contributed by atoms with E-state index >= 15 is 0 Å². The summed E-state index contributed by atoms with van der Waals surface area (Å²) in [6, 6.07) is 2.04. The van der Waals surface area contributed by atoms with Gasteiger partial charge in [-0.1, -0.05) is 12.1 Å². The third-order valence-electron chi connectivity index (χ3n) is 2.53. The van der Waals surface area contributed by atoms with Crippen molar-refractivity contribution in [3.8, 4) is 6.07 Å². The first-order chi connectivity index (χ1) is 7.66. The topological polar surface area (TPSA) is 71.9 Å². The van der Waals surface area contributed by atoms with Crippen LogP contribution in [-0.4, -0.2) is 16.7 Å². The Morgan fingerprint density at radius 3 is 2.81 bits per heavy atom. The fourth-order valence-corrected chi connectivity index (χ4v) is 1.38. The smallest absolute Gasteiger partial charge is 0.227 e. The highest BCUT2D eigenvalue weighted by Crippen LogP contribution is 2.26. The summed E-state index contributed by atoms with van der Waals surface area (Å²) >= 11 is 0. The molecule has 88 valence electrons. The maximum absolute atomic E-state index is 8.46. The van der Waals surface area contributed by atoms with Gasteiger partial charge in [0.25, 0.3) is 0 Å². The van der Waals surface area contributed by atoms with Crippen LogP contribution in [0.5, 0.6) is 0 Å². The van der Waals surface area contributed by atoms with Crippen molar-refractivity contribution in [2.45, 2.75) is 45.6 Å². The molecule has 1 unspecified atom stereocenters. The Morgan fingerprint density at radius 2 is 2.25 bits per heavy atom. The summed E-state index contributed by atoms with van der Waals surface area (Å²) in [6.45, 7) is 6.49. The Labute approximate surface area is 95.4 Å². The van der Waals surface area contributed by atoms with Crippen LogP contribution in [0.2, 0.25) is 0 Å². The average molecular weight is 223 g/mol. The molecular weight excluding hydrogens is 206 g/mol. The quantitative estimate of drug-likeness (QED) is 0.739. The van der Waals surface area contributed by atoms with Crippen molar-refractivity contribution in [3.05, 3.63) is 11.7 Å². The number of aryl methyl sites for hydroxylation is 1. The summed E-state index contributed by atoms with van der Waals surface area (Å²) in [5.74, 6) is 1.06. The van der Waals surface area contributed by atoms with Gasteiger partial charge >= 0.3 is 0 Å². The van der Waals surface area contributed by atoms with Crippen molar-refractivity contribution in [2.75, 3.05) is 6.61 Å². The van der Waals surface area contributed by atoms with Gasteiger partial charge in [-0.3, -0.25) is 0 Å². The van der Waals surface area contributed by atoms with Crippen LogP contribution in [0.4, 0.5) is 0 Å². The number of hydrogen-bond acceptors (Lipinski definition) is 5. The minimum atomic E-state index is -0.497. The van der Waals surface area contributed by atoms with E-state index in [0.29, 0.717) is 31.2 Å². The molecular formula is C11H17N3O2. The number of rotatable bonds is 6. The van der Waals surface area contributed by atoms with Crippen molar-refractivity contribution in [3.63, 3.8) is 0 Å².